The molecule has 50 valence electrons. The normalized spacial score (nSPS) is 34.1. The third-order valence-corrected chi connectivity index (χ3v) is 1.11. The van der Waals surface area contributed by atoms with Crippen molar-refractivity contribution in [1.29, 1.82) is 0 Å². The first-order valence-corrected chi connectivity index (χ1v) is 2.66. The Morgan fingerprint density at radius 3 is 2.44 bits per heavy atom. The third-order valence-electron chi connectivity index (χ3n) is 1.11. The number of carbonyl (C=O) groups is 1. The van der Waals surface area contributed by atoms with Crippen molar-refractivity contribution >= 4 is 5.97 Å². The van der Waals surface area contributed by atoms with Crippen LogP contribution in [0.5, 0.6) is 0 Å². The second-order valence-electron chi connectivity index (χ2n) is 2.27. The van der Waals surface area contributed by atoms with E-state index in [4.69, 9.17) is 5.11 Å². The van der Waals surface area contributed by atoms with Crippen LogP contribution in [0.4, 0.5) is 0 Å². The van der Waals surface area contributed by atoms with Crippen LogP contribution in [0.25, 0.3) is 0 Å². The van der Waals surface area contributed by atoms with Crippen molar-refractivity contribution < 1.29 is 14.6 Å². The largest absolute Gasteiger partial charge is 0.426 e. The minimum Gasteiger partial charge on any atom is -0.426 e. The molecule has 9 heavy (non-hydrogen) atoms. The molecule has 0 aromatic rings. The lowest BCUT2D eigenvalue weighted by Crippen LogP contribution is -2.22. The van der Waals surface area contributed by atoms with Gasteiger partial charge in [0.2, 0.25) is 5.79 Å². The fourth-order valence-corrected chi connectivity index (χ4v) is 0.758. The Labute approximate surface area is 52.9 Å². The van der Waals surface area contributed by atoms with E-state index in [-0.39, 0.29) is 0 Å². The molecule has 3 heteroatoms. The average molecular weight is 128 g/mol. The Bertz CT molecular complexity index is 179. The number of carbonyl (C=O) groups excluding carboxylic acids is 1. The summed E-state index contributed by atoms with van der Waals surface area (Å²) < 4.78 is 4.48. The summed E-state index contributed by atoms with van der Waals surface area (Å²) in [6, 6.07) is 0. The van der Waals surface area contributed by atoms with Gasteiger partial charge < -0.3 is 9.84 Å². The molecule has 0 saturated carbocycles. The van der Waals surface area contributed by atoms with E-state index in [1.165, 1.54) is 13.0 Å². The summed E-state index contributed by atoms with van der Waals surface area (Å²) in [6.45, 7) is 3.02. The average Bonchev–Trinajstić information content (AvgIpc) is 1.79. The van der Waals surface area contributed by atoms with Gasteiger partial charge in [0.25, 0.3) is 0 Å². The summed E-state index contributed by atoms with van der Waals surface area (Å²) in [5, 5.41) is 9.02. The van der Waals surface area contributed by atoms with Crippen LogP contribution in [-0.2, 0) is 9.53 Å². The van der Waals surface area contributed by atoms with Crippen molar-refractivity contribution in [2.24, 2.45) is 0 Å². The predicted octanol–water partition coefficient (Wildman–Crippen LogP) is 0.198. The molecule has 0 aromatic carbocycles. The molecule has 0 amide bonds. The lowest BCUT2D eigenvalue weighted by atomic mass is 10.2. The van der Waals surface area contributed by atoms with E-state index in [1.807, 2.05) is 0 Å². The molecule has 1 heterocycles. The first kappa shape index (κ1) is 6.29. The fraction of sp³-hybridized carbons (Fsp3) is 0.500. The van der Waals surface area contributed by atoms with Crippen LogP contribution in [0.1, 0.15) is 13.8 Å². The van der Waals surface area contributed by atoms with Crippen molar-refractivity contribution in [3.05, 3.63) is 11.6 Å². The summed E-state index contributed by atoms with van der Waals surface area (Å²) in [5.41, 5.74) is 0.458. The molecule has 1 aliphatic heterocycles. The zero-order valence-electron chi connectivity index (χ0n) is 5.34. The topological polar surface area (TPSA) is 46.5 Å². The maximum Gasteiger partial charge on any atom is 0.336 e. The summed E-state index contributed by atoms with van der Waals surface area (Å²) in [4.78, 5) is 10.5. The highest BCUT2D eigenvalue weighted by molar-refractivity contribution is 5.90. The highest BCUT2D eigenvalue weighted by Crippen LogP contribution is 2.20. The molecule has 1 atom stereocenters. The predicted molar refractivity (Wildman–Crippen MR) is 30.5 cm³/mol. The number of esters is 1. The summed E-state index contributed by atoms with van der Waals surface area (Å²) in [7, 11) is 0. The Morgan fingerprint density at radius 2 is 2.33 bits per heavy atom. The number of hydrogen-bond acceptors (Lipinski definition) is 3. The Balaban J connectivity index is 2.86. The van der Waals surface area contributed by atoms with Crippen LogP contribution in [0, 0.1) is 0 Å². The van der Waals surface area contributed by atoms with Crippen LogP contribution in [0.15, 0.2) is 11.6 Å². The zero-order valence-corrected chi connectivity index (χ0v) is 5.34. The van der Waals surface area contributed by atoms with Crippen LogP contribution in [-0.4, -0.2) is 16.9 Å². The first-order chi connectivity index (χ1) is 4.01. The van der Waals surface area contributed by atoms with Gasteiger partial charge in [0.15, 0.2) is 0 Å². The second-order valence-corrected chi connectivity index (χ2v) is 2.27. The summed E-state index contributed by atoms with van der Waals surface area (Å²) in [5.74, 6) is -1.82. The lowest BCUT2D eigenvalue weighted by Gasteiger charge is -2.11. The van der Waals surface area contributed by atoms with E-state index in [9.17, 15) is 4.79 Å². The van der Waals surface area contributed by atoms with Crippen molar-refractivity contribution in [3.8, 4) is 0 Å². The Morgan fingerprint density at radius 1 is 1.78 bits per heavy atom. The minimum absolute atomic E-state index is 0.444. The van der Waals surface area contributed by atoms with Gasteiger partial charge in [-0.2, -0.15) is 0 Å². The van der Waals surface area contributed by atoms with E-state index in [2.05, 4.69) is 4.74 Å². The van der Waals surface area contributed by atoms with E-state index in [0.29, 0.717) is 5.57 Å². The van der Waals surface area contributed by atoms with Gasteiger partial charge in [-0.1, -0.05) is 0 Å². The molecule has 3 nitrogen and oxygen atoms in total. The van der Waals surface area contributed by atoms with Crippen LogP contribution < -0.4 is 0 Å². The molecule has 0 spiro atoms. The number of ether oxygens (including phenoxy) is 1. The highest BCUT2D eigenvalue weighted by atomic mass is 16.7. The van der Waals surface area contributed by atoms with Gasteiger partial charge in [-0.3, -0.25) is 0 Å². The fourth-order valence-electron chi connectivity index (χ4n) is 0.758. The molecule has 0 saturated heterocycles. The zero-order chi connectivity index (χ0) is 7.07. The van der Waals surface area contributed by atoms with Crippen molar-refractivity contribution in [2.45, 2.75) is 19.6 Å². The molecular weight excluding hydrogens is 120 g/mol. The molecule has 1 rings (SSSR count). The van der Waals surface area contributed by atoms with E-state index < -0.39 is 11.8 Å². The third kappa shape index (κ3) is 1.10. The number of hydrogen-bond donors (Lipinski definition) is 1. The van der Waals surface area contributed by atoms with E-state index in [1.54, 1.807) is 6.92 Å². The monoisotopic (exact) mass is 128 g/mol. The first-order valence-electron chi connectivity index (χ1n) is 2.66. The number of cyclic esters (lactones) is 1. The van der Waals surface area contributed by atoms with Crippen LogP contribution >= 0.6 is 0 Å². The quantitative estimate of drug-likeness (QED) is 0.474. The molecular formula is C6H8O3. The second kappa shape index (κ2) is 1.57. The molecule has 0 aliphatic carbocycles. The van der Waals surface area contributed by atoms with Crippen molar-refractivity contribution in [1.82, 2.24) is 0 Å². The molecule has 0 aromatic heterocycles. The van der Waals surface area contributed by atoms with Crippen LogP contribution in [0.3, 0.4) is 0 Å². The van der Waals surface area contributed by atoms with Gasteiger partial charge in [-0.25, -0.2) is 4.79 Å². The standard InChI is InChI=1S/C6H8O3/c1-4-3-6(2,8)9-5(4)7/h3,8H,1-2H3. The highest BCUT2D eigenvalue weighted by Gasteiger charge is 2.30. The smallest absolute Gasteiger partial charge is 0.336 e. The van der Waals surface area contributed by atoms with Crippen molar-refractivity contribution in [2.75, 3.05) is 0 Å². The van der Waals surface area contributed by atoms with Gasteiger partial charge in [-0.05, 0) is 13.0 Å². The molecule has 0 radical (unpaired) electrons. The Hall–Kier alpha value is -0.830. The lowest BCUT2D eigenvalue weighted by molar-refractivity contribution is -0.172. The molecule has 1 unspecified atom stereocenters. The van der Waals surface area contributed by atoms with Crippen LogP contribution in [0.2, 0.25) is 0 Å². The van der Waals surface area contributed by atoms with Crippen molar-refractivity contribution in [3.63, 3.8) is 0 Å². The van der Waals surface area contributed by atoms with Gasteiger partial charge in [0, 0.05) is 12.5 Å². The maximum atomic E-state index is 10.5. The number of rotatable bonds is 0. The summed E-state index contributed by atoms with van der Waals surface area (Å²) in [6.07, 6.45) is 1.38. The molecule has 0 bridgehead atoms. The minimum atomic E-state index is -1.37. The van der Waals surface area contributed by atoms with E-state index in [0.717, 1.165) is 0 Å². The molecule has 0 fully saturated rings. The van der Waals surface area contributed by atoms with Gasteiger partial charge in [0.05, 0.1) is 0 Å². The molecule has 1 aliphatic rings. The van der Waals surface area contributed by atoms with Gasteiger partial charge in [0.1, 0.15) is 0 Å². The van der Waals surface area contributed by atoms with Gasteiger partial charge in [-0.15, -0.1) is 0 Å². The Kier molecular flexibility index (Phi) is 1.10. The maximum absolute atomic E-state index is 10.5. The summed E-state index contributed by atoms with van der Waals surface area (Å²) >= 11 is 0. The SMILES string of the molecule is CC1=CC(C)(O)OC1=O. The number of aliphatic hydroxyl groups is 1. The van der Waals surface area contributed by atoms with E-state index >= 15 is 0 Å². The van der Waals surface area contributed by atoms with Gasteiger partial charge >= 0.3 is 5.97 Å². The molecule has 1 N–H and O–H groups in total.